The number of nitrogens with one attached hydrogen (secondary N) is 1. The Bertz CT molecular complexity index is 1050. The van der Waals surface area contributed by atoms with E-state index in [2.05, 4.69) is 41.5 Å². The molecule has 0 saturated heterocycles. The van der Waals surface area contributed by atoms with Crippen molar-refractivity contribution in [2.24, 2.45) is 0 Å². The van der Waals surface area contributed by atoms with E-state index in [0.717, 1.165) is 27.9 Å². The standard InChI is InChI=1S/C24H20N2O2/c1-17-2-5-19(6-3-17)20-7-9-21(10-8-20)24(27)26-15-18-4-11-23(25-14-18)22-12-13-28-16-22/h2-14,16H,15H2,1H3,(H,26,27). The first-order chi connectivity index (χ1) is 13.7. The van der Waals surface area contributed by atoms with Crippen molar-refractivity contribution in [2.75, 3.05) is 0 Å². The van der Waals surface area contributed by atoms with Gasteiger partial charge in [0.05, 0.1) is 18.2 Å². The maximum absolute atomic E-state index is 12.4. The highest BCUT2D eigenvalue weighted by Crippen LogP contribution is 2.20. The third-order valence-corrected chi connectivity index (χ3v) is 4.63. The van der Waals surface area contributed by atoms with E-state index in [1.54, 1.807) is 18.7 Å². The second-order valence-corrected chi connectivity index (χ2v) is 6.69. The van der Waals surface area contributed by atoms with Crippen LogP contribution in [-0.2, 0) is 6.54 Å². The van der Waals surface area contributed by atoms with Crippen molar-refractivity contribution in [2.45, 2.75) is 13.5 Å². The van der Waals surface area contributed by atoms with Crippen molar-refractivity contribution in [1.82, 2.24) is 10.3 Å². The molecule has 2 heterocycles. The highest BCUT2D eigenvalue weighted by molar-refractivity contribution is 5.94. The zero-order chi connectivity index (χ0) is 19.3. The number of pyridine rings is 1. The molecule has 0 fully saturated rings. The van der Waals surface area contributed by atoms with Gasteiger partial charge in [0.25, 0.3) is 5.91 Å². The third-order valence-electron chi connectivity index (χ3n) is 4.63. The minimum Gasteiger partial charge on any atom is -0.472 e. The van der Waals surface area contributed by atoms with Gasteiger partial charge in [-0.1, -0.05) is 48.0 Å². The quantitative estimate of drug-likeness (QED) is 0.524. The van der Waals surface area contributed by atoms with E-state index in [4.69, 9.17) is 4.42 Å². The number of nitrogens with zero attached hydrogens (tertiary/aromatic N) is 1. The molecule has 0 aliphatic carbocycles. The first-order valence-corrected chi connectivity index (χ1v) is 9.12. The summed E-state index contributed by atoms with van der Waals surface area (Å²) in [6, 6.07) is 21.7. The smallest absolute Gasteiger partial charge is 0.251 e. The minimum atomic E-state index is -0.102. The number of benzene rings is 2. The average Bonchev–Trinajstić information content (AvgIpc) is 3.28. The first-order valence-electron chi connectivity index (χ1n) is 9.12. The van der Waals surface area contributed by atoms with Crippen LogP contribution in [0.25, 0.3) is 22.4 Å². The predicted molar refractivity (Wildman–Crippen MR) is 110 cm³/mol. The Hall–Kier alpha value is -3.66. The fraction of sp³-hybridized carbons (Fsp3) is 0.0833. The van der Waals surface area contributed by atoms with E-state index >= 15 is 0 Å². The summed E-state index contributed by atoms with van der Waals surface area (Å²) < 4.78 is 5.07. The van der Waals surface area contributed by atoms with Gasteiger partial charge in [-0.05, 0) is 47.9 Å². The summed E-state index contributed by atoms with van der Waals surface area (Å²) >= 11 is 0. The second-order valence-electron chi connectivity index (χ2n) is 6.69. The molecule has 138 valence electrons. The first kappa shape index (κ1) is 17.7. The molecule has 0 saturated carbocycles. The molecule has 4 rings (SSSR count). The fourth-order valence-electron chi connectivity index (χ4n) is 2.95. The van der Waals surface area contributed by atoms with Crippen molar-refractivity contribution in [3.05, 3.63) is 102 Å². The summed E-state index contributed by atoms with van der Waals surface area (Å²) in [6.45, 7) is 2.50. The number of aryl methyl sites for hydroxylation is 1. The highest BCUT2D eigenvalue weighted by atomic mass is 16.3. The van der Waals surface area contributed by atoms with E-state index in [0.29, 0.717) is 12.1 Å². The van der Waals surface area contributed by atoms with Gasteiger partial charge in [-0.15, -0.1) is 0 Å². The van der Waals surface area contributed by atoms with E-state index in [9.17, 15) is 4.79 Å². The van der Waals surface area contributed by atoms with Crippen LogP contribution >= 0.6 is 0 Å². The lowest BCUT2D eigenvalue weighted by Crippen LogP contribution is -2.22. The molecular weight excluding hydrogens is 348 g/mol. The molecule has 1 amide bonds. The van der Waals surface area contributed by atoms with Gasteiger partial charge in [0.1, 0.15) is 0 Å². The topological polar surface area (TPSA) is 55.1 Å². The molecule has 1 N–H and O–H groups in total. The van der Waals surface area contributed by atoms with Gasteiger partial charge >= 0.3 is 0 Å². The zero-order valence-corrected chi connectivity index (χ0v) is 15.6. The van der Waals surface area contributed by atoms with Crippen molar-refractivity contribution in [1.29, 1.82) is 0 Å². The van der Waals surface area contributed by atoms with Gasteiger partial charge in [0.2, 0.25) is 0 Å². The molecule has 0 radical (unpaired) electrons. The molecule has 0 unspecified atom stereocenters. The molecular formula is C24H20N2O2. The van der Waals surface area contributed by atoms with Gasteiger partial charge in [0.15, 0.2) is 0 Å². The van der Waals surface area contributed by atoms with Crippen molar-refractivity contribution in [3.63, 3.8) is 0 Å². The Morgan fingerprint density at radius 2 is 1.61 bits per heavy atom. The second kappa shape index (κ2) is 7.92. The minimum absolute atomic E-state index is 0.102. The number of carbonyl (C=O) groups excluding carboxylic acids is 1. The summed E-state index contributed by atoms with van der Waals surface area (Å²) in [4.78, 5) is 16.8. The number of furan rings is 1. The summed E-state index contributed by atoms with van der Waals surface area (Å²) in [5, 5.41) is 2.94. The zero-order valence-electron chi connectivity index (χ0n) is 15.6. The third kappa shape index (κ3) is 4.01. The molecule has 0 aliphatic heterocycles. The van der Waals surface area contributed by atoms with Crippen LogP contribution < -0.4 is 5.32 Å². The average molecular weight is 368 g/mol. The number of hydrogen-bond donors (Lipinski definition) is 1. The molecule has 0 aliphatic rings. The Kier molecular flexibility index (Phi) is 5.02. The number of aromatic nitrogens is 1. The van der Waals surface area contributed by atoms with Crippen LogP contribution in [0.1, 0.15) is 21.5 Å². The van der Waals surface area contributed by atoms with Gasteiger partial charge < -0.3 is 9.73 Å². The molecule has 0 spiro atoms. The molecule has 2 aromatic carbocycles. The van der Waals surface area contributed by atoms with E-state index < -0.39 is 0 Å². The lowest BCUT2D eigenvalue weighted by molar-refractivity contribution is 0.0951. The predicted octanol–water partition coefficient (Wildman–Crippen LogP) is 5.25. The largest absolute Gasteiger partial charge is 0.472 e. The van der Waals surface area contributed by atoms with Gasteiger partial charge in [0, 0.05) is 23.9 Å². The molecule has 4 aromatic rings. The maximum Gasteiger partial charge on any atom is 0.251 e. The van der Waals surface area contributed by atoms with Crippen molar-refractivity contribution >= 4 is 5.91 Å². The van der Waals surface area contributed by atoms with Gasteiger partial charge in [-0.3, -0.25) is 9.78 Å². The van der Waals surface area contributed by atoms with Crippen LogP contribution in [0.4, 0.5) is 0 Å². The Morgan fingerprint density at radius 3 is 2.21 bits per heavy atom. The lowest BCUT2D eigenvalue weighted by atomic mass is 10.0. The summed E-state index contributed by atoms with van der Waals surface area (Å²) in [7, 11) is 0. The van der Waals surface area contributed by atoms with Crippen LogP contribution in [0.15, 0.2) is 89.9 Å². The monoisotopic (exact) mass is 368 g/mol. The van der Waals surface area contributed by atoms with Crippen LogP contribution in [-0.4, -0.2) is 10.9 Å². The molecule has 2 aromatic heterocycles. The van der Waals surface area contributed by atoms with E-state index in [1.807, 2.05) is 42.5 Å². The van der Waals surface area contributed by atoms with Crippen LogP contribution in [0.5, 0.6) is 0 Å². The van der Waals surface area contributed by atoms with Crippen LogP contribution in [0.3, 0.4) is 0 Å². The number of rotatable bonds is 5. The summed E-state index contributed by atoms with van der Waals surface area (Å²) in [6.07, 6.45) is 5.04. The fourth-order valence-corrected chi connectivity index (χ4v) is 2.95. The SMILES string of the molecule is Cc1ccc(-c2ccc(C(=O)NCc3ccc(-c4ccoc4)nc3)cc2)cc1. The van der Waals surface area contributed by atoms with Crippen LogP contribution in [0.2, 0.25) is 0 Å². The van der Waals surface area contributed by atoms with Gasteiger partial charge in [-0.2, -0.15) is 0 Å². The van der Waals surface area contributed by atoms with Crippen molar-refractivity contribution < 1.29 is 9.21 Å². The summed E-state index contributed by atoms with van der Waals surface area (Å²) in [5.41, 5.74) is 6.82. The van der Waals surface area contributed by atoms with E-state index in [1.165, 1.54) is 5.56 Å². The molecule has 0 bridgehead atoms. The highest BCUT2D eigenvalue weighted by Gasteiger charge is 2.07. The Balaban J connectivity index is 1.37. The Morgan fingerprint density at radius 1 is 0.893 bits per heavy atom. The summed E-state index contributed by atoms with van der Waals surface area (Å²) in [5.74, 6) is -0.102. The number of amides is 1. The Labute approximate surface area is 163 Å². The molecule has 28 heavy (non-hydrogen) atoms. The van der Waals surface area contributed by atoms with Crippen LogP contribution in [0, 0.1) is 6.92 Å². The molecule has 0 atom stereocenters. The normalized spacial score (nSPS) is 10.6. The number of hydrogen-bond acceptors (Lipinski definition) is 3. The van der Waals surface area contributed by atoms with E-state index in [-0.39, 0.29) is 5.91 Å². The number of carbonyl (C=O) groups is 1. The maximum atomic E-state index is 12.4. The molecule has 4 heteroatoms. The van der Waals surface area contributed by atoms with Gasteiger partial charge in [-0.25, -0.2) is 0 Å². The lowest BCUT2D eigenvalue weighted by Gasteiger charge is -2.07. The van der Waals surface area contributed by atoms with Crippen molar-refractivity contribution in [3.8, 4) is 22.4 Å². The molecule has 4 nitrogen and oxygen atoms in total.